The zero-order chi connectivity index (χ0) is 25.3. The molecule has 2 amide bonds. The monoisotopic (exact) mass is 489 g/mol. The summed E-state index contributed by atoms with van der Waals surface area (Å²) in [5.74, 6) is -2.57. The molecule has 4 rings (SSSR count). The van der Waals surface area contributed by atoms with Crippen LogP contribution in [-0.4, -0.2) is 56.6 Å². The van der Waals surface area contributed by atoms with Crippen LogP contribution < -0.4 is 10.8 Å². The quantitative estimate of drug-likeness (QED) is 0.365. The number of hydrogen-bond donors (Lipinski definition) is 3. The van der Waals surface area contributed by atoms with E-state index in [1.165, 1.54) is 18.2 Å². The Morgan fingerprint density at radius 3 is 2.43 bits per heavy atom. The van der Waals surface area contributed by atoms with E-state index in [4.69, 9.17) is 5.21 Å². The Balaban J connectivity index is 1.51. The molecule has 0 unspecified atom stereocenters. The van der Waals surface area contributed by atoms with Crippen molar-refractivity contribution in [3.63, 3.8) is 0 Å². The fraction of sp³-hybridized carbons (Fsp3) is 0.375. The number of fused-ring (bicyclic) bond motifs is 1. The largest absolute Gasteiger partial charge is 0.449 e. The average molecular weight is 489 g/mol. The number of hydroxylamine groups is 1. The van der Waals surface area contributed by atoms with Gasteiger partial charge in [0, 0.05) is 31.2 Å². The zero-order valence-corrected chi connectivity index (χ0v) is 19.2. The van der Waals surface area contributed by atoms with E-state index >= 15 is 0 Å². The van der Waals surface area contributed by atoms with Crippen molar-refractivity contribution in [1.82, 2.24) is 25.2 Å². The number of nitrogens with zero attached hydrogens (tertiary/aromatic N) is 3. The van der Waals surface area contributed by atoms with E-state index in [2.05, 4.69) is 10.3 Å². The summed E-state index contributed by atoms with van der Waals surface area (Å²) in [6, 6.07) is 12.3. The normalized spacial score (nSPS) is 18.8. The maximum absolute atomic E-state index is 13.6. The number of amides is 2. The third kappa shape index (κ3) is 5.15. The van der Waals surface area contributed by atoms with Crippen molar-refractivity contribution in [2.45, 2.75) is 38.7 Å². The Morgan fingerprint density at radius 1 is 1.11 bits per heavy atom. The van der Waals surface area contributed by atoms with Crippen LogP contribution in [0.3, 0.4) is 0 Å². The van der Waals surface area contributed by atoms with E-state index in [0.29, 0.717) is 29.7 Å². The highest BCUT2D eigenvalue weighted by molar-refractivity contribution is 5.95. The topological polar surface area (TPSA) is 99.5 Å². The molecule has 1 aliphatic rings. The van der Waals surface area contributed by atoms with Crippen molar-refractivity contribution in [2.75, 3.05) is 13.1 Å². The number of hydrogen-bond acceptors (Lipinski definition) is 5. The first-order valence-electron chi connectivity index (χ1n) is 11.2. The number of imidazole rings is 1. The smallest absolute Gasteiger partial charge is 0.347 e. The Bertz CT molecular complexity index is 1220. The first kappa shape index (κ1) is 24.7. The highest BCUT2D eigenvalue weighted by Crippen LogP contribution is 2.32. The van der Waals surface area contributed by atoms with Gasteiger partial charge in [-0.2, -0.15) is 13.2 Å². The Kier molecular flexibility index (Phi) is 6.82. The first-order chi connectivity index (χ1) is 16.6. The third-order valence-corrected chi connectivity index (χ3v) is 6.31. The van der Waals surface area contributed by atoms with Gasteiger partial charge in [-0.25, -0.2) is 10.5 Å². The fourth-order valence-electron chi connectivity index (χ4n) is 4.40. The van der Waals surface area contributed by atoms with E-state index in [9.17, 15) is 22.8 Å². The number of nitrogens with one attached hydrogen (secondary N) is 2. The maximum Gasteiger partial charge on any atom is 0.449 e. The third-order valence-electron chi connectivity index (χ3n) is 6.31. The number of rotatable bonds is 6. The van der Waals surface area contributed by atoms with Crippen LogP contribution in [0, 0.1) is 5.92 Å². The maximum atomic E-state index is 13.6. The minimum Gasteiger partial charge on any atom is -0.347 e. The molecule has 8 nitrogen and oxygen atoms in total. The molecule has 1 fully saturated rings. The Labute approximate surface area is 199 Å². The van der Waals surface area contributed by atoms with Gasteiger partial charge in [-0.1, -0.05) is 24.3 Å². The Hall–Kier alpha value is -3.44. The summed E-state index contributed by atoms with van der Waals surface area (Å²) in [4.78, 5) is 30.7. The summed E-state index contributed by atoms with van der Waals surface area (Å²) in [6.07, 6.45) is -4.61. The van der Waals surface area contributed by atoms with E-state index < -0.39 is 35.8 Å². The van der Waals surface area contributed by atoms with Gasteiger partial charge in [0.05, 0.1) is 23.0 Å². The highest BCUT2D eigenvalue weighted by atomic mass is 19.4. The van der Waals surface area contributed by atoms with Gasteiger partial charge < -0.3 is 9.88 Å². The Morgan fingerprint density at radius 2 is 1.80 bits per heavy atom. The second-order valence-corrected chi connectivity index (χ2v) is 8.92. The molecule has 3 aromatic rings. The molecule has 186 valence electrons. The number of carbonyl (C=O) groups is 2. The van der Waals surface area contributed by atoms with Crippen molar-refractivity contribution in [3.8, 4) is 0 Å². The summed E-state index contributed by atoms with van der Waals surface area (Å²) in [7, 11) is 0. The van der Waals surface area contributed by atoms with Crippen LogP contribution in [0.5, 0.6) is 0 Å². The summed E-state index contributed by atoms with van der Waals surface area (Å²) in [5.41, 5.74) is 3.16. The van der Waals surface area contributed by atoms with Crippen LogP contribution >= 0.6 is 0 Å². The second kappa shape index (κ2) is 9.67. The van der Waals surface area contributed by atoms with Gasteiger partial charge in [0.25, 0.3) is 5.91 Å². The van der Waals surface area contributed by atoms with Crippen LogP contribution in [0.2, 0.25) is 0 Å². The molecule has 0 spiro atoms. The van der Waals surface area contributed by atoms with E-state index in [1.54, 1.807) is 35.8 Å². The van der Waals surface area contributed by atoms with Crippen molar-refractivity contribution >= 4 is 22.8 Å². The van der Waals surface area contributed by atoms with Crippen LogP contribution in [0.15, 0.2) is 48.5 Å². The molecule has 1 saturated heterocycles. The number of alkyl halides is 3. The van der Waals surface area contributed by atoms with Crippen molar-refractivity contribution in [1.29, 1.82) is 0 Å². The van der Waals surface area contributed by atoms with Gasteiger partial charge >= 0.3 is 6.18 Å². The molecular formula is C24H26F3N5O3. The molecule has 1 aromatic heterocycles. The molecule has 2 atom stereocenters. The van der Waals surface area contributed by atoms with Crippen molar-refractivity contribution < 1.29 is 28.0 Å². The van der Waals surface area contributed by atoms with Crippen molar-refractivity contribution in [2.24, 2.45) is 5.92 Å². The number of carbonyl (C=O) groups excluding carboxylic acids is 2. The van der Waals surface area contributed by atoms with Crippen LogP contribution in [0.1, 0.15) is 35.6 Å². The molecule has 2 heterocycles. The molecule has 35 heavy (non-hydrogen) atoms. The molecule has 0 radical (unpaired) electrons. The summed E-state index contributed by atoms with van der Waals surface area (Å²) >= 11 is 0. The summed E-state index contributed by atoms with van der Waals surface area (Å²) < 4.78 is 41.8. The van der Waals surface area contributed by atoms with Gasteiger partial charge in [0.1, 0.15) is 0 Å². The second-order valence-electron chi connectivity index (χ2n) is 8.92. The molecule has 11 heteroatoms. The van der Waals surface area contributed by atoms with E-state index in [1.807, 2.05) is 18.7 Å². The van der Waals surface area contributed by atoms with Crippen LogP contribution in [0.4, 0.5) is 13.2 Å². The highest BCUT2D eigenvalue weighted by Gasteiger charge is 2.39. The molecule has 2 aromatic carbocycles. The lowest BCUT2D eigenvalue weighted by Crippen LogP contribution is -2.45. The molecule has 0 bridgehead atoms. The number of aromatic nitrogens is 2. The number of para-hydroxylation sites is 2. The minimum absolute atomic E-state index is 0.0675. The van der Waals surface area contributed by atoms with Crippen molar-refractivity contribution in [3.05, 3.63) is 65.5 Å². The molecular weight excluding hydrogens is 463 g/mol. The molecule has 0 aliphatic carbocycles. The van der Waals surface area contributed by atoms with Gasteiger partial charge in [-0.15, -0.1) is 0 Å². The van der Waals surface area contributed by atoms with Gasteiger partial charge in [-0.05, 0) is 43.7 Å². The predicted octanol–water partition coefficient (Wildman–Crippen LogP) is 3.05. The molecule has 1 aliphatic heterocycles. The number of likely N-dealkylation sites (tertiary alicyclic amines) is 1. The number of halogens is 3. The lowest BCUT2D eigenvalue weighted by Gasteiger charge is -2.20. The summed E-state index contributed by atoms with van der Waals surface area (Å²) in [5, 5.41) is 11.9. The van der Waals surface area contributed by atoms with Crippen LogP contribution in [-0.2, 0) is 17.5 Å². The van der Waals surface area contributed by atoms with Gasteiger partial charge in [0.2, 0.25) is 11.7 Å². The minimum atomic E-state index is -4.61. The zero-order valence-electron chi connectivity index (χ0n) is 19.2. The van der Waals surface area contributed by atoms with E-state index in [0.717, 1.165) is 4.57 Å². The average Bonchev–Trinajstić information content (AvgIpc) is 3.41. The van der Waals surface area contributed by atoms with Gasteiger partial charge in [-0.3, -0.25) is 19.7 Å². The fourth-order valence-corrected chi connectivity index (χ4v) is 4.40. The standard InChI is InChI=1S/C24H26F3N5O3/c1-14(2)31-12-17(22(34)30-35)19(13-31)28-21(33)16-9-7-15(8-10-16)11-32-20-6-4-3-5-18(20)29-23(32)24(25,26)27/h3-10,14,17,19,35H,11-13H2,1-2H3,(H,28,33)(H,30,34)/t17-,19+/m0/s1. The SMILES string of the molecule is CC(C)N1C[C@H](C(=O)NO)[C@H](NC(=O)c2ccc(Cn3c(C(F)(F)F)nc4ccccc43)cc2)C1. The van der Waals surface area contributed by atoms with E-state index in [-0.39, 0.29) is 18.1 Å². The summed E-state index contributed by atoms with van der Waals surface area (Å²) in [6.45, 7) is 4.73. The predicted molar refractivity (Wildman–Crippen MR) is 122 cm³/mol. The first-order valence-corrected chi connectivity index (χ1v) is 11.2. The van der Waals surface area contributed by atoms with Crippen LogP contribution in [0.25, 0.3) is 11.0 Å². The lowest BCUT2D eigenvalue weighted by molar-refractivity contribution is -0.146. The molecule has 0 saturated carbocycles. The molecule has 3 N–H and O–H groups in total. The van der Waals surface area contributed by atoms with Gasteiger partial charge in [0.15, 0.2) is 0 Å². The lowest BCUT2D eigenvalue weighted by atomic mass is 10.0. The number of benzene rings is 2.